The van der Waals surface area contributed by atoms with Gasteiger partial charge in [0.25, 0.3) is 0 Å². The molecule has 2 bridgehead atoms. The number of rotatable bonds is 0. The summed E-state index contributed by atoms with van der Waals surface area (Å²) in [4.78, 5) is 23.8. The van der Waals surface area contributed by atoms with E-state index in [1.165, 1.54) is 5.57 Å². The van der Waals surface area contributed by atoms with Gasteiger partial charge in [-0.2, -0.15) is 0 Å². The zero-order chi connectivity index (χ0) is 17.3. The predicted molar refractivity (Wildman–Crippen MR) is 91.1 cm³/mol. The molecule has 128 valence electrons. The highest BCUT2D eigenvalue weighted by Gasteiger charge is 2.37. The van der Waals surface area contributed by atoms with Gasteiger partial charge >= 0.3 is 11.9 Å². The summed E-state index contributed by atoms with van der Waals surface area (Å²) in [6.07, 6.45) is 9.56. The Balaban J connectivity index is 1.86. The Kier molecular flexibility index (Phi) is 4.74. The van der Waals surface area contributed by atoms with E-state index in [4.69, 9.17) is 9.47 Å². The van der Waals surface area contributed by atoms with Crippen LogP contribution in [0.2, 0.25) is 0 Å². The molecule has 0 aromatic rings. The van der Waals surface area contributed by atoms with Gasteiger partial charge in [0.15, 0.2) is 0 Å². The first kappa shape index (κ1) is 16.7. The highest BCUT2D eigenvalue weighted by molar-refractivity contribution is 5.91. The van der Waals surface area contributed by atoms with Crippen LogP contribution in [0.15, 0.2) is 47.1 Å². The second-order valence-electron chi connectivity index (χ2n) is 6.98. The van der Waals surface area contributed by atoms with Crippen molar-refractivity contribution in [2.75, 3.05) is 0 Å². The third-order valence-corrected chi connectivity index (χ3v) is 4.99. The third-order valence-electron chi connectivity index (χ3n) is 4.99. The molecule has 0 radical (unpaired) electrons. The molecule has 3 atom stereocenters. The zero-order valence-corrected chi connectivity index (χ0v) is 14.3. The van der Waals surface area contributed by atoms with Crippen LogP contribution in [0.1, 0.15) is 46.0 Å². The number of fused-ring (bicyclic) bond motifs is 2. The highest BCUT2D eigenvalue weighted by atomic mass is 16.6. The molecule has 0 amide bonds. The maximum Gasteiger partial charge on any atom is 0.334 e. The molecule has 0 saturated carbocycles. The average Bonchev–Trinajstić information content (AvgIpc) is 2.97. The van der Waals surface area contributed by atoms with Gasteiger partial charge in [-0.3, -0.25) is 0 Å². The maximum absolute atomic E-state index is 11.9. The Morgan fingerprint density at radius 2 is 1.83 bits per heavy atom. The smallest absolute Gasteiger partial charge is 0.334 e. The van der Waals surface area contributed by atoms with Crippen molar-refractivity contribution in [1.29, 1.82) is 0 Å². The summed E-state index contributed by atoms with van der Waals surface area (Å²) in [7, 11) is 0. The number of allylic oxidation sites excluding steroid dienone is 2. The van der Waals surface area contributed by atoms with Gasteiger partial charge in [-0.25, -0.2) is 9.59 Å². The molecule has 1 fully saturated rings. The Bertz CT molecular complexity index is 665. The molecule has 2 heterocycles. The SMILES string of the molecule is C=C1C(=O)O[C@@H]2/C=C(/C)C[C@H]3C=C(CC/C=C(/C)CC[C@H]12)C(=O)O3. The van der Waals surface area contributed by atoms with E-state index in [0.717, 1.165) is 36.8 Å². The lowest BCUT2D eigenvalue weighted by atomic mass is 9.89. The quantitative estimate of drug-likeness (QED) is 0.386. The van der Waals surface area contributed by atoms with Crippen LogP contribution in [-0.2, 0) is 19.1 Å². The molecule has 0 spiro atoms. The van der Waals surface area contributed by atoms with Crippen molar-refractivity contribution in [2.24, 2.45) is 5.92 Å². The van der Waals surface area contributed by atoms with Crippen molar-refractivity contribution >= 4 is 11.9 Å². The summed E-state index contributed by atoms with van der Waals surface area (Å²) in [6, 6.07) is 0. The van der Waals surface area contributed by atoms with Crippen LogP contribution in [0.3, 0.4) is 0 Å². The molecular formula is C20H24O4. The predicted octanol–water partition coefficient (Wildman–Crippen LogP) is 3.79. The molecule has 1 saturated heterocycles. The van der Waals surface area contributed by atoms with Gasteiger partial charge in [-0.15, -0.1) is 0 Å². The zero-order valence-electron chi connectivity index (χ0n) is 14.3. The van der Waals surface area contributed by atoms with Crippen LogP contribution in [0.4, 0.5) is 0 Å². The summed E-state index contributed by atoms with van der Waals surface area (Å²) in [5.41, 5.74) is 3.67. The van der Waals surface area contributed by atoms with Crippen molar-refractivity contribution in [3.05, 3.63) is 47.1 Å². The Hall–Kier alpha value is -2.10. The lowest BCUT2D eigenvalue weighted by Crippen LogP contribution is -2.16. The van der Waals surface area contributed by atoms with Crippen molar-refractivity contribution in [3.63, 3.8) is 0 Å². The number of hydrogen-bond donors (Lipinski definition) is 0. The van der Waals surface area contributed by atoms with E-state index in [-0.39, 0.29) is 30.1 Å². The molecule has 0 aromatic carbocycles. The average molecular weight is 328 g/mol. The first-order valence-electron chi connectivity index (χ1n) is 8.58. The lowest BCUT2D eigenvalue weighted by Gasteiger charge is -2.16. The molecule has 0 N–H and O–H groups in total. The summed E-state index contributed by atoms with van der Waals surface area (Å²) < 4.78 is 10.9. The van der Waals surface area contributed by atoms with E-state index in [0.29, 0.717) is 12.0 Å². The van der Waals surface area contributed by atoms with E-state index >= 15 is 0 Å². The van der Waals surface area contributed by atoms with E-state index < -0.39 is 0 Å². The molecule has 3 aliphatic rings. The number of carbonyl (C=O) groups is 2. The maximum atomic E-state index is 11.9. The van der Waals surface area contributed by atoms with Gasteiger partial charge in [0, 0.05) is 23.5 Å². The molecule has 24 heavy (non-hydrogen) atoms. The Labute approximate surface area is 142 Å². The molecule has 1 aliphatic carbocycles. The molecule has 3 rings (SSSR count). The van der Waals surface area contributed by atoms with Crippen molar-refractivity contribution < 1.29 is 19.1 Å². The fourth-order valence-corrected chi connectivity index (χ4v) is 3.57. The van der Waals surface area contributed by atoms with E-state index in [2.05, 4.69) is 19.6 Å². The normalized spacial score (nSPS) is 35.7. The second kappa shape index (κ2) is 6.80. The Morgan fingerprint density at radius 1 is 1.04 bits per heavy atom. The Morgan fingerprint density at radius 3 is 2.62 bits per heavy atom. The van der Waals surface area contributed by atoms with Crippen LogP contribution in [0.25, 0.3) is 0 Å². The van der Waals surface area contributed by atoms with Crippen LogP contribution in [0.5, 0.6) is 0 Å². The van der Waals surface area contributed by atoms with Gasteiger partial charge in [0.05, 0.1) is 0 Å². The highest BCUT2D eigenvalue weighted by Crippen LogP contribution is 2.34. The minimum atomic E-state index is -0.297. The first-order valence-corrected chi connectivity index (χ1v) is 8.58. The van der Waals surface area contributed by atoms with Crippen LogP contribution in [0, 0.1) is 5.92 Å². The number of ether oxygens (including phenoxy) is 2. The summed E-state index contributed by atoms with van der Waals surface area (Å²) >= 11 is 0. The molecule has 0 aromatic heterocycles. The summed E-state index contributed by atoms with van der Waals surface area (Å²) in [5.74, 6) is -0.474. The van der Waals surface area contributed by atoms with Gasteiger partial charge in [0.1, 0.15) is 12.2 Å². The summed E-state index contributed by atoms with van der Waals surface area (Å²) in [5, 5.41) is 0. The van der Waals surface area contributed by atoms with Crippen molar-refractivity contribution in [3.8, 4) is 0 Å². The first-order chi connectivity index (χ1) is 11.4. The van der Waals surface area contributed by atoms with Crippen molar-refractivity contribution in [2.45, 2.75) is 58.2 Å². The van der Waals surface area contributed by atoms with Gasteiger partial charge in [-0.05, 0) is 51.7 Å². The monoisotopic (exact) mass is 328 g/mol. The standard InChI is InChI=1S/C20H24O4/c1-12-5-4-6-15-11-16(23-20(15)22)9-13(2)10-18-17(8-7-12)14(3)19(21)24-18/h5,10-11,16-18H,3-4,6-9H2,1-2H3/b12-5-,13-10-/t16-,17+,18+/m0/s1. The minimum absolute atomic E-state index is 0.0240. The molecule has 2 aliphatic heterocycles. The van der Waals surface area contributed by atoms with Gasteiger partial charge in [-0.1, -0.05) is 23.8 Å². The largest absolute Gasteiger partial charge is 0.454 e. The van der Waals surface area contributed by atoms with E-state index in [9.17, 15) is 9.59 Å². The van der Waals surface area contributed by atoms with Crippen LogP contribution < -0.4 is 0 Å². The molecule has 4 nitrogen and oxygen atoms in total. The van der Waals surface area contributed by atoms with Crippen LogP contribution >= 0.6 is 0 Å². The van der Waals surface area contributed by atoms with Crippen molar-refractivity contribution in [1.82, 2.24) is 0 Å². The second-order valence-corrected chi connectivity index (χ2v) is 6.98. The van der Waals surface area contributed by atoms with Crippen LogP contribution in [-0.4, -0.2) is 24.1 Å². The lowest BCUT2D eigenvalue weighted by molar-refractivity contribution is -0.139. The fraction of sp³-hybridized carbons (Fsp3) is 0.500. The minimum Gasteiger partial charge on any atom is -0.454 e. The number of hydrogen-bond acceptors (Lipinski definition) is 4. The fourth-order valence-electron chi connectivity index (χ4n) is 3.57. The molecule has 0 unspecified atom stereocenters. The third kappa shape index (κ3) is 3.53. The van der Waals surface area contributed by atoms with Gasteiger partial charge in [0.2, 0.25) is 0 Å². The molecular weight excluding hydrogens is 304 g/mol. The number of esters is 2. The molecule has 4 heteroatoms. The summed E-state index contributed by atoms with van der Waals surface area (Å²) in [6.45, 7) is 8.00. The van der Waals surface area contributed by atoms with E-state index in [1.807, 2.05) is 19.1 Å². The topological polar surface area (TPSA) is 52.6 Å². The number of carbonyl (C=O) groups excluding carboxylic acids is 2. The van der Waals surface area contributed by atoms with Gasteiger partial charge < -0.3 is 9.47 Å². The van der Waals surface area contributed by atoms with E-state index in [1.54, 1.807) is 0 Å².